The van der Waals surface area contributed by atoms with Gasteiger partial charge >= 0.3 is 12.4 Å². The first kappa shape index (κ1) is 19.3. The number of carbonyl (C=O) groups is 1. The molecule has 0 aliphatic carbocycles. The number of aryl methyl sites for hydroxylation is 1. The van der Waals surface area contributed by atoms with Crippen molar-refractivity contribution in [2.75, 3.05) is 0 Å². The standard InChI is InChI=1S/C19H17F3N4O2/c1-12-9-14(11-24-18(23)27)25-26(12)15-6-4-5-13(10-15)16-7-2-3-8-17(16)28-19(20,21)22/h2-10H,11H2,1H3,(H3,23,24,27). The summed E-state index contributed by atoms with van der Waals surface area (Å²) in [4.78, 5) is 10.9. The van der Waals surface area contributed by atoms with Crippen LogP contribution in [0.1, 0.15) is 11.4 Å². The number of nitrogens with one attached hydrogen (secondary N) is 1. The molecule has 28 heavy (non-hydrogen) atoms. The lowest BCUT2D eigenvalue weighted by Gasteiger charge is -2.14. The number of rotatable bonds is 5. The van der Waals surface area contributed by atoms with Gasteiger partial charge in [0.05, 0.1) is 17.9 Å². The molecule has 0 aliphatic rings. The fourth-order valence-electron chi connectivity index (χ4n) is 2.79. The first-order chi connectivity index (χ1) is 13.2. The van der Waals surface area contributed by atoms with Crippen LogP contribution in [-0.2, 0) is 6.54 Å². The van der Waals surface area contributed by atoms with Crippen LogP contribution in [0, 0.1) is 6.92 Å². The lowest BCUT2D eigenvalue weighted by atomic mass is 10.0. The molecule has 1 aromatic heterocycles. The number of primary amides is 1. The van der Waals surface area contributed by atoms with Crippen molar-refractivity contribution >= 4 is 6.03 Å². The van der Waals surface area contributed by atoms with Crippen molar-refractivity contribution in [3.63, 3.8) is 0 Å². The van der Waals surface area contributed by atoms with Crippen molar-refractivity contribution in [1.29, 1.82) is 0 Å². The van der Waals surface area contributed by atoms with E-state index in [1.165, 1.54) is 12.1 Å². The van der Waals surface area contributed by atoms with E-state index in [0.29, 0.717) is 22.5 Å². The minimum absolute atomic E-state index is 0.172. The van der Waals surface area contributed by atoms with E-state index in [-0.39, 0.29) is 12.3 Å². The number of halogens is 3. The fraction of sp³-hybridized carbons (Fsp3) is 0.158. The maximum atomic E-state index is 12.7. The third-order valence-electron chi connectivity index (χ3n) is 3.90. The molecule has 9 heteroatoms. The molecule has 0 fully saturated rings. The van der Waals surface area contributed by atoms with Crippen LogP contribution in [0.25, 0.3) is 16.8 Å². The van der Waals surface area contributed by atoms with E-state index in [0.717, 1.165) is 5.69 Å². The lowest BCUT2D eigenvalue weighted by molar-refractivity contribution is -0.274. The van der Waals surface area contributed by atoms with Crippen molar-refractivity contribution < 1.29 is 22.7 Å². The smallest absolute Gasteiger partial charge is 0.405 e. The highest BCUT2D eigenvalue weighted by molar-refractivity contribution is 5.72. The number of urea groups is 1. The Balaban J connectivity index is 1.95. The number of hydrogen-bond donors (Lipinski definition) is 2. The number of hydrogen-bond acceptors (Lipinski definition) is 3. The van der Waals surface area contributed by atoms with Crippen LogP contribution in [0.4, 0.5) is 18.0 Å². The van der Waals surface area contributed by atoms with E-state index in [2.05, 4.69) is 15.2 Å². The summed E-state index contributed by atoms with van der Waals surface area (Å²) >= 11 is 0. The fourth-order valence-corrected chi connectivity index (χ4v) is 2.79. The van der Waals surface area contributed by atoms with Crippen LogP contribution in [0.2, 0.25) is 0 Å². The zero-order valence-electron chi connectivity index (χ0n) is 14.8. The lowest BCUT2D eigenvalue weighted by Crippen LogP contribution is -2.28. The Kier molecular flexibility index (Phi) is 5.25. The maximum Gasteiger partial charge on any atom is 0.573 e. The van der Waals surface area contributed by atoms with Crippen molar-refractivity contribution in [3.05, 3.63) is 66.0 Å². The van der Waals surface area contributed by atoms with Gasteiger partial charge in [0.2, 0.25) is 0 Å². The van der Waals surface area contributed by atoms with Gasteiger partial charge in [-0.1, -0.05) is 30.3 Å². The molecule has 0 saturated heterocycles. The van der Waals surface area contributed by atoms with E-state index in [9.17, 15) is 18.0 Å². The molecule has 0 spiro atoms. The first-order valence-corrected chi connectivity index (χ1v) is 8.27. The molecule has 6 nitrogen and oxygen atoms in total. The Morgan fingerprint density at radius 3 is 2.64 bits per heavy atom. The van der Waals surface area contributed by atoms with Gasteiger partial charge in [-0.2, -0.15) is 5.10 Å². The summed E-state index contributed by atoms with van der Waals surface area (Å²) in [5.74, 6) is -0.282. The van der Waals surface area contributed by atoms with Crippen molar-refractivity contribution in [3.8, 4) is 22.6 Å². The molecule has 0 unspecified atom stereocenters. The van der Waals surface area contributed by atoms with Gasteiger partial charge in [0, 0.05) is 11.3 Å². The summed E-state index contributed by atoms with van der Waals surface area (Å²) in [7, 11) is 0. The van der Waals surface area contributed by atoms with Crippen molar-refractivity contribution in [1.82, 2.24) is 15.1 Å². The molecule has 0 radical (unpaired) electrons. The summed E-state index contributed by atoms with van der Waals surface area (Å²) < 4.78 is 43.8. The van der Waals surface area contributed by atoms with Gasteiger partial charge in [-0.25, -0.2) is 9.48 Å². The molecule has 3 rings (SSSR count). The van der Waals surface area contributed by atoms with E-state index in [4.69, 9.17) is 5.73 Å². The topological polar surface area (TPSA) is 82.2 Å². The molecule has 2 amide bonds. The number of alkyl halides is 3. The number of nitrogens with two attached hydrogens (primary N) is 1. The monoisotopic (exact) mass is 390 g/mol. The summed E-state index contributed by atoms with van der Waals surface area (Å²) in [5.41, 5.74) is 7.96. The number of nitrogens with zero attached hydrogens (tertiary/aromatic N) is 2. The molecular formula is C19H17F3N4O2. The summed E-state index contributed by atoms with van der Waals surface area (Å²) in [6.45, 7) is 2.00. The highest BCUT2D eigenvalue weighted by Gasteiger charge is 2.32. The van der Waals surface area contributed by atoms with Gasteiger partial charge < -0.3 is 15.8 Å². The number of benzene rings is 2. The number of aromatic nitrogens is 2. The molecule has 0 atom stereocenters. The second-order valence-corrected chi connectivity index (χ2v) is 6.00. The Hall–Kier alpha value is -3.49. The minimum atomic E-state index is -4.78. The molecular weight excluding hydrogens is 373 g/mol. The summed E-state index contributed by atoms with van der Waals surface area (Å²) in [5, 5.41) is 6.86. The molecule has 2 aromatic carbocycles. The normalized spacial score (nSPS) is 11.3. The predicted octanol–water partition coefficient (Wildman–Crippen LogP) is 3.91. The number of para-hydroxylation sites is 1. The second-order valence-electron chi connectivity index (χ2n) is 6.00. The number of amides is 2. The predicted molar refractivity (Wildman–Crippen MR) is 96.8 cm³/mol. The molecule has 3 aromatic rings. The van der Waals surface area contributed by atoms with E-state index in [1.54, 1.807) is 47.1 Å². The Labute approximate surface area is 158 Å². The molecule has 0 aliphatic heterocycles. The van der Waals surface area contributed by atoms with Gasteiger partial charge in [-0.3, -0.25) is 0 Å². The minimum Gasteiger partial charge on any atom is -0.405 e. The Morgan fingerprint density at radius 1 is 1.18 bits per heavy atom. The number of ether oxygens (including phenoxy) is 1. The van der Waals surface area contributed by atoms with Crippen LogP contribution in [0.3, 0.4) is 0 Å². The van der Waals surface area contributed by atoms with Crippen molar-refractivity contribution in [2.24, 2.45) is 5.73 Å². The molecule has 0 saturated carbocycles. The third-order valence-corrected chi connectivity index (χ3v) is 3.90. The quantitative estimate of drug-likeness (QED) is 0.693. The van der Waals surface area contributed by atoms with Crippen LogP contribution >= 0.6 is 0 Å². The largest absolute Gasteiger partial charge is 0.573 e. The van der Waals surface area contributed by atoms with Crippen LogP contribution in [-0.4, -0.2) is 22.2 Å². The van der Waals surface area contributed by atoms with Crippen LogP contribution < -0.4 is 15.8 Å². The number of carbonyl (C=O) groups excluding carboxylic acids is 1. The SMILES string of the molecule is Cc1cc(CNC(N)=O)nn1-c1cccc(-c2ccccc2OC(F)(F)F)c1. The average Bonchev–Trinajstić information content (AvgIpc) is 3.00. The van der Waals surface area contributed by atoms with E-state index in [1.807, 2.05) is 6.92 Å². The van der Waals surface area contributed by atoms with Gasteiger partial charge in [0.1, 0.15) is 5.75 Å². The zero-order valence-corrected chi connectivity index (χ0v) is 14.8. The van der Waals surface area contributed by atoms with Crippen molar-refractivity contribution in [2.45, 2.75) is 19.8 Å². The second kappa shape index (κ2) is 7.63. The maximum absolute atomic E-state index is 12.7. The van der Waals surface area contributed by atoms with E-state index < -0.39 is 12.4 Å². The summed E-state index contributed by atoms with van der Waals surface area (Å²) in [6, 6.07) is 14.0. The average molecular weight is 390 g/mol. The third kappa shape index (κ3) is 4.61. The van der Waals surface area contributed by atoms with Gasteiger partial charge in [-0.05, 0) is 36.8 Å². The van der Waals surface area contributed by atoms with Crippen LogP contribution in [0.5, 0.6) is 5.75 Å². The van der Waals surface area contributed by atoms with Gasteiger partial charge in [-0.15, -0.1) is 13.2 Å². The van der Waals surface area contributed by atoms with Gasteiger partial charge in [0.25, 0.3) is 0 Å². The molecule has 146 valence electrons. The van der Waals surface area contributed by atoms with Gasteiger partial charge in [0.15, 0.2) is 0 Å². The zero-order chi connectivity index (χ0) is 20.3. The first-order valence-electron chi connectivity index (χ1n) is 8.27. The Bertz CT molecular complexity index is 999. The van der Waals surface area contributed by atoms with Crippen LogP contribution in [0.15, 0.2) is 54.6 Å². The summed E-state index contributed by atoms with van der Waals surface area (Å²) in [6.07, 6.45) is -4.78. The molecule has 0 bridgehead atoms. The Morgan fingerprint density at radius 2 is 1.93 bits per heavy atom. The highest BCUT2D eigenvalue weighted by Crippen LogP contribution is 2.34. The van der Waals surface area contributed by atoms with E-state index >= 15 is 0 Å². The molecule has 3 N–H and O–H groups in total. The highest BCUT2D eigenvalue weighted by atomic mass is 19.4. The molecule has 1 heterocycles.